The normalized spacial score (nSPS) is 11.3. The molecule has 4 aromatic rings. The van der Waals surface area contributed by atoms with Crippen molar-refractivity contribution < 1.29 is 24.2 Å². The first-order valence-electron chi connectivity index (χ1n) is 13.2. The Balaban J connectivity index is 1.82. The Morgan fingerprint density at radius 1 is 0.875 bits per heavy atom. The van der Waals surface area contributed by atoms with Crippen molar-refractivity contribution in [3.05, 3.63) is 117 Å². The minimum Gasteiger partial charge on any atom is -0.478 e. The van der Waals surface area contributed by atoms with Crippen LogP contribution >= 0.6 is 0 Å². The molecule has 40 heavy (non-hydrogen) atoms. The van der Waals surface area contributed by atoms with Crippen molar-refractivity contribution in [2.75, 3.05) is 14.2 Å². The topological polar surface area (TPSA) is 99.8 Å². The fraction of sp³-hybridized carbons (Fsp3) is 0.281. The van der Waals surface area contributed by atoms with Crippen molar-refractivity contribution in [3.63, 3.8) is 0 Å². The maximum atomic E-state index is 13.9. The average molecular weight is 543 g/mol. The van der Waals surface area contributed by atoms with Gasteiger partial charge in [-0.15, -0.1) is 0 Å². The van der Waals surface area contributed by atoms with E-state index in [2.05, 4.69) is 13.8 Å². The number of rotatable bonds is 11. The Morgan fingerprint density at radius 3 is 2.10 bits per heavy atom. The summed E-state index contributed by atoms with van der Waals surface area (Å²) in [5, 5.41) is 9.58. The molecular formula is C32H34N2O6. The largest absolute Gasteiger partial charge is 0.478 e. The van der Waals surface area contributed by atoms with E-state index in [9.17, 15) is 19.5 Å². The molecule has 0 saturated carbocycles. The van der Waals surface area contributed by atoms with Gasteiger partial charge in [-0.3, -0.25) is 9.36 Å². The van der Waals surface area contributed by atoms with Crippen molar-refractivity contribution in [2.24, 2.45) is 5.92 Å². The molecule has 3 aromatic carbocycles. The lowest BCUT2D eigenvalue weighted by atomic mass is 9.98. The average Bonchev–Trinajstić information content (AvgIpc) is 3.23. The van der Waals surface area contributed by atoms with Gasteiger partial charge in [0.05, 0.1) is 12.1 Å². The van der Waals surface area contributed by atoms with Crippen LogP contribution in [-0.2, 0) is 22.4 Å². The van der Waals surface area contributed by atoms with Crippen LogP contribution in [0.15, 0.2) is 83.7 Å². The van der Waals surface area contributed by atoms with Crippen molar-refractivity contribution >= 4 is 11.9 Å². The number of hydrogen-bond donors (Lipinski definition) is 1. The molecule has 0 aliphatic rings. The Labute approximate surface area is 233 Å². The molecule has 0 amide bonds. The molecule has 0 unspecified atom stereocenters. The second-order valence-corrected chi connectivity index (χ2v) is 9.99. The number of methoxy groups -OCH3 is 2. The van der Waals surface area contributed by atoms with Crippen molar-refractivity contribution in [3.8, 4) is 11.1 Å². The maximum absolute atomic E-state index is 13.9. The number of carboxylic acids is 1. The van der Waals surface area contributed by atoms with Crippen LogP contribution < -0.4 is 5.69 Å². The summed E-state index contributed by atoms with van der Waals surface area (Å²) in [7, 11) is 2.96. The Bertz CT molecular complexity index is 1530. The highest BCUT2D eigenvalue weighted by Crippen LogP contribution is 2.27. The lowest BCUT2D eigenvalue weighted by Crippen LogP contribution is -2.31. The predicted octanol–water partition coefficient (Wildman–Crippen LogP) is 5.63. The van der Waals surface area contributed by atoms with E-state index in [-0.39, 0.29) is 12.1 Å². The molecule has 0 aliphatic carbocycles. The number of imidazole rings is 1. The van der Waals surface area contributed by atoms with Crippen molar-refractivity contribution in [1.82, 2.24) is 9.13 Å². The SMILES string of the molecule is COC(OC)c1c(CCC(C)C)n(Cc2ccc(-c3ccccc3C(=O)O)cc2)c(=O)n1C(=O)c1ccccc1. The molecule has 1 N–H and O–H groups in total. The van der Waals surface area contributed by atoms with Gasteiger partial charge in [0, 0.05) is 25.5 Å². The summed E-state index contributed by atoms with van der Waals surface area (Å²) in [6.45, 7) is 4.42. The lowest BCUT2D eigenvalue weighted by Gasteiger charge is -2.18. The van der Waals surface area contributed by atoms with E-state index in [1.807, 2.05) is 30.3 Å². The molecule has 208 valence electrons. The van der Waals surface area contributed by atoms with Gasteiger partial charge in [-0.05, 0) is 53.6 Å². The maximum Gasteiger partial charge on any atom is 0.336 e. The molecule has 8 nitrogen and oxygen atoms in total. The number of ether oxygens (including phenoxy) is 2. The second kappa shape index (κ2) is 12.7. The predicted molar refractivity (Wildman–Crippen MR) is 153 cm³/mol. The minimum absolute atomic E-state index is 0.216. The van der Waals surface area contributed by atoms with E-state index in [1.165, 1.54) is 18.8 Å². The molecule has 0 aliphatic heterocycles. The van der Waals surface area contributed by atoms with Gasteiger partial charge in [-0.2, -0.15) is 0 Å². The summed E-state index contributed by atoms with van der Waals surface area (Å²) in [5.74, 6) is -1.09. The van der Waals surface area contributed by atoms with Crippen LogP contribution in [0.1, 0.15) is 64.2 Å². The Morgan fingerprint density at radius 2 is 1.50 bits per heavy atom. The van der Waals surface area contributed by atoms with Crippen LogP contribution in [0, 0.1) is 5.92 Å². The highest BCUT2D eigenvalue weighted by molar-refractivity contribution is 5.97. The molecule has 8 heteroatoms. The second-order valence-electron chi connectivity index (χ2n) is 9.99. The van der Waals surface area contributed by atoms with E-state index in [4.69, 9.17) is 9.47 Å². The summed E-state index contributed by atoms with van der Waals surface area (Å²) in [6.07, 6.45) is 0.421. The van der Waals surface area contributed by atoms with Crippen LogP contribution in [-0.4, -0.2) is 40.3 Å². The lowest BCUT2D eigenvalue weighted by molar-refractivity contribution is -0.110. The first kappa shape index (κ1) is 28.7. The standard InChI is InChI=1S/C32H34N2O6/c1-21(2)14-19-27-28(31(39-3)40-4)34(29(35)24-10-6-5-7-11-24)32(38)33(27)20-22-15-17-23(18-16-22)25-12-8-9-13-26(25)30(36)37/h5-13,15-18,21,31H,14,19-20H2,1-4H3,(H,36,37). The monoisotopic (exact) mass is 542 g/mol. The minimum atomic E-state index is -0.996. The van der Waals surface area contributed by atoms with Gasteiger partial charge in [0.15, 0.2) is 0 Å². The Kier molecular flexibility index (Phi) is 9.14. The summed E-state index contributed by atoms with van der Waals surface area (Å²) in [5.41, 5.74) is 3.38. The smallest absolute Gasteiger partial charge is 0.336 e. The van der Waals surface area contributed by atoms with Gasteiger partial charge < -0.3 is 14.6 Å². The Hall–Kier alpha value is -4.27. The number of aromatic nitrogens is 2. The van der Waals surface area contributed by atoms with Crippen LogP contribution in [0.25, 0.3) is 11.1 Å². The molecule has 1 heterocycles. The number of hydrogen-bond acceptors (Lipinski definition) is 5. The van der Waals surface area contributed by atoms with Crippen LogP contribution in [0.4, 0.5) is 0 Å². The molecule has 0 atom stereocenters. The summed E-state index contributed by atoms with van der Waals surface area (Å²) < 4.78 is 13.9. The molecular weight excluding hydrogens is 508 g/mol. The van der Waals surface area contributed by atoms with E-state index in [0.717, 1.165) is 17.5 Å². The third-order valence-electron chi connectivity index (χ3n) is 6.88. The van der Waals surface area contributed by atoms with E-state index >= 15 is 0 Å². The fourth-order valence-corrected chi connectivity index (χ4v) is 4.82. The number of carbonyl (C=O) groups excluding carboxylic acids is 1. The number of carboxylic acid groups (broad SMARTS) is 1. The fourth-order valence-electron chi connectivity index (χ4n) is 4.82. The molecule has 1 aromatic heterocycles. The number of nitrogens with zero attached hydrogens (tertiary/aromatic N) is 2. The highest BCUT2D eigenvalue weighted by atomic mass is 16.7. The van der Waals surface area contributed by atoms with E-state index < -0.39 is 23.9 Å². The zero-order chi connectivity index (χ0) is 28.8. The summed E-state index contributed by atoms with van der Waals surface area (Å²) >= 11 is 0. The molecule has 0 fully saturated rings. The van der Waals surface area contributed by atoms with Crippen LogP contribution in [0.3, 0.4) is 0 Å². The molecule has 0 spiro atoms. The van der Waals surface area contributed by atoms with Gasteiger partial charge in [-0.1, -0.05) is 74.5 Å². The number of benzene rings is 3. The van der Waals surface area contributed by atoms with Gasteiger partial charge >= 0.3 is 11.7 Å². The molecule has 0 bridgehead atoms. The zero-order valence-corrected chi connectivity index (χ0v) is 23.2. The first-order valence-corrected chi connectivity index (χ1v) is 13.2. The van der Waals surface area contributed by atoms with Crippen molar-refractivity contribution in [2.45, 2.75) is 39.5 Å². The first-order chi connectivity index (χ1) is 19.3. The van der Waals surface area contributed by atoms with E-state index in [1.54, 1.807) is 53.1 Å². The van der Waals surface area contributed by atoms with Gasteiger partial charge in [0.1, 0.15) is 5.69 Å². The van der Waals surface area contributed by atoms with Crippen LogP contribution in [0.5, 0.6) is 0 Å². The third kappa shape index (κ3) is 5.98. The molecule has 0 radical (unpaired) electrons. The quantitative estimate of drug-likeness (QED) is 0.247. The van der Waals surface area contributed by atoms with Gasteiger partial charge in [0.2, 0.25) is 6.29 Å². The number of aromatic carboxylic acids is 1. The molecule has 4 rings (SSSR count). The molecule has 0 saturated heterocycles. The van der Waals surface area contributed by atoms with Gasteiger partial charge in [-0.25, -0.2) is 14.2 Å². The number of carbonyl (C=O) groups is 2. The third-order valence-corrected chi connectivity index (χ3v) is 6.88. The van der Waals surface area contributed by atoms with Crippen LogP contribution in [0.2, 0.25) is 0 Å². The summed E-state index contributed by atoms with van der Waals surface area (Å²) in [4.78, 5) is 39.3. The van der Waals surface area contributed by atoms with E-state index in [0.29, 0.717) is 34.9 Å². The van der Waals surface area contributed by atoms with Gasteiger partial charge in [0.25, 0.3) is 5.91 Å². The summed E-state index contributed by atoms with van der Waals surface area (Å²) in [6, 6.07) is 22.9. The zero-order valence-electron chi connectivity index (χ0n) is 23.2. The van der Waals surface area contributed by atoms with Crippen molar-refractivity contribution in [1.29, 1.82) is 0 Å². The highest BCUT2D eigenvalue weighted by Gasteiger charge is 2.30.